The molecule has 0 aliphatic rings. The van der Waals surface area contributed by atoms with E-state index < -0.39 is 0 Å². The predicted molar refractivity (Wildman–Crippen MR) is 102 cm³/mol. The summed E-state index contributed by atoms with van der Waals surface area (Å²) in [4.78, 5) is 16.5. The van der Waals surface area contributed by atoms with Crippen molar-refractivity contribution < 1.29 is 9.53 Å². The molecule has 25 heavy (non-hydrogen) atoms. The number of benzene rings is 2. The predicted octanol–water partition coefficient (Wildman–Crippen LogP) is 4.83. The third kappa shape index (κ3) is 4.90. The van der Waals surface area contributed by atoms with Gasteiger partial charge in [-0.3, -0.25) is 4.79 Å². The van der Waals surface area contributed by atoms with Gasteiger partial charge in [-0.25, -0.2) is 4.98 Å². The summed E-state index contributed by atoms with van der Waals surface area (Å²) in [6.07, 6.45) is 0.307. The number of hydrogen-bond donors (Lipinski definition) is 1. The third-order valence-electron chi connectivity index (χ3n) is 3.67. The Morgan fingerprint density at radius 2 is 1.96 bits per heavy atom. The van der Waals surface area contributed by atoms with Gasteiger partial charge in [-0.2, -0.15) is 0 Å². The Balaban J connectivity index is 1.49. The van der Waals surface area contributed by atoms with Crippen molar-refractivity contribution in [3.05, 3.63) is 64.5 Å². The van der Waals surface area contributed by atoms with Crippen molar-refractivity contribution in [2.24, 2.45) is 0 Å². The molecule has 1 heterocycles. The second-order valence-corrected chi connectivity index (χ2v) is 6.85. The molecule has 3 aromatic rings. The minimum Gasteiger partial charge on any atom is -0.493 e. The van der Waals surface area contributed by atoms with Gasteiger partial charge in [0.05, 0.1) is 23.7 Å². The normalized spacial score (nSPS) is 10.5. The molecule has 5 heteroatoms. The van der Waals surface area contributed by atoms with E-state index in [9.17, 15) is 4.79 Å². The monoisotopic (exact) mass is 352 g/mol. The molecule has 0 bridgehead atoms. The molecule has 0 atom stereocenters. The average Bonchev–Trinajstić information content (AvgIpc) is 3.02. The number of rotatable bonds is 6. The van der Waals surface area contributed by atoms with Crippen LogP contribution in [0.15, 0.2) is 53.9 Å². The summed E-state index contributed by atoms with van der Waals surface area (Å²) >= 11 is 1.63. The van der Waals surface area contributed by atoms with Crippen molar-refractivity contribution >= 4 is 22.9 Å². The maximum absolute atomic E-state index is 12.0. The average molecular weight is 352 g/mol. The molecule has 4 nitrogen and oxygen atoms in total. The molecule has 0 saturated heterocycles. The lowest BCUT2D eigenvalue weighted by molar-refractivity contribution is -0.116. The van der Waals surface area contributed by atoms with Crippen LogP contribution in [0, 0.1) is 13.8 Å². The number of thiazole rings is 1. The summed E-state index contributed by atoms with van der Waals surface area (Å²) in [7, 11) is 0. The first-order valence-corrected chi connectivity index (χ1v) is 9.00. The molecule has 0 radical (unpaired) electrons. The van der Waals surface area contributed by atoms with Gasteiger partial charge in [-0.15, -0.1) is 11.3 Å². The maximum atomic E-state index is 12.0. The fraction of sp³-hybridized carbons (Fsp3) is 0.200. The summed E-state index contributed by atoms with van der Waals surface area (Å²) in [5.74, 6) is 0.723. The van der Waals surface area contributed by atoms with Gasteiger partial charge >= 0.3 is 0 Å². The molecule has 0 saturated carbocycles. The smallest absolute Gasteiger partial charge is 0.227 e. The number of aromatic nitrogens is 1. The topological polar surface area (TPSA) is 51.2 Å². The Morgan fingerprint density at radius 1 is 1.16 bits per heavy atom. The van der Waals surface area contributed by atoms with Gasteiger partial charge in [-0.05, 0) is 43.7 Å². The largest absolute Gasteiger partial charge is 0.493 e. The first-order valence-electron chi connectivity index (χ1n) is 8.12. The number of amides is 1. The van der Waals surface area contributed by atoms with Crippen molar-refractivity contribution in [2.75, 3.05) is 11.9 Å². The summed E-state index contributed by atoms with van der Waals surface area (Å²) in [6.45, 7) is 4.35. The van der Waals surface area contributed by atoms with Gasteiger partial charge < -0.3 is 10.1 Å². The number of nitrogens with zero attached hydrogens (tertiary/aromatic N) is 1. The SMILES string of the molecule is Cc1cccc(OCCC(=O)Nc2ccc(-c3csc(C)n3)cc2)c1. The Labute approximate surface area is 151 Å². The molecular weight excluding hydrogens is 332 g/mol. The van der Waals surface area contributed by atoms with Crippen LogP contribution in [0.1, 0.15) is 17.0 Å². The molecule has 0 aliphatic carbocycles. The summed E-state index contributed by atoms with van der Waals surface area (Å²) < 4.78 is 5.61. The first kappa shape index (κ1) is 17.2. The van der Waals surface area contributed by atoms with Crippen LogP contribution in [0.5, 0.6) is 5.75 Å². The first-order chi connectivity index (χ1) is 12.1. The number of hydrogen-bond acceptors (Lipinski definition) is 4. The number of carbonyl (C=O) groups is 1. The van der Waals surface area contributed by atoms with Crippen molar-refractivity contribution in [1.29, 1.82) is 0 Å². The van der Waals surface area contributed by atoms with Gasteiger partial charge in [0.1, 0.15) is 5.75 Å². The summed E-state index contributed by atoms with van der Waals surface area (Å²) in [5, 5.41) is 5.96. The quantitative estimate of drug-likeness (QED) is 0.691. The minimum absolute atomic E-state index is 0.0649. The molecule has 0 unspecified atom stereocenters. The van der Waals surface area contributed by atoms with E-state index in [-0.39, 0.29) is 5.91 Å². The second kappa shape index (κ2) is 7.94. The summed E-state index contributed by atoms with van der Waals surface area (Å²) in [5.41, 5.74) is 3.92. The van der Waals surface area contributed by atoms with Crippen molar-refractivity contribution in [2.45, 2.75) is 20.3 Å². The molecule has 1 amide bonds. The van der Waals surface area contributed by atoms with Crippen LogP contribution in [0.3, 0.4) is 0 Å². The Morgan fingerprint density at radius 3 is 2.64 bits per heavy atom. The van der Waals surface area contributed by atoms with E-state index in [1.54, 1.807) is 11.3 Å². The van der Waals surface area contributed by atoms with Gasteiger partial charge in [0.15, 0.2) is 0 Å². The van der Waals surface area contributed by atoms with Crippen LogP contribution in [0.2, 0.25) is 0 Å². The molecular formula is C20H20N2O2S. The lowest BCUT2D eigenvalue weighted by atomic mass is 10.1. The molecule has 3 rings (SSSR count). The van der Waals surface area contributed by atoms with E-state index in [2.05, 4.69) is 10.3 Å². The van der Waals surface area contributed by atoms with Gasteiger partial charge in [-0.1, -0.05) is 24.3 Å². The Bertz CT molecular complexity index is 856. The zero-order valence-electron chi connectivity index (χ0n) is 14.3. The van der Waals surface area contributed by atoms with Gasteiger partial charge in [0, 0.05) is 16.6 Å². The number of carbonyl (C=O) groups excluding carboxylic acids is 1. The molecule has 1 N–H and O–H groups in total. The second-order valence-electron chi connectivity index (χ2n) is 5.79. The molecule has 0 spiro atoms. The van der Waals surface area contributed by atoms with E-state index in [4.69, 9.17) is 4.74 Å². The Kier molecular flexibility index (Phi) is 5.46. The molecule has 1 aromatic heterocycles. The van der Waals surface area contributed by atoms with Crippen molar-refractivity contribution in [3.63, 3.8) is 0 Å². The van der Waals surface area contributed by atoms with E-state index in [1.165, 1.54) is 0 Å². The number of anilines is 1. The van der Waals surface area contributed by atoms with Crippen LogP contribution in [0.25, 0.3) is 11.3 Å². The summed E-state index contributed by atoms with van der Waals surface area (Å²) in [6, 6.07) is 15.5. The fourth-order valence-electron chi connectivity index (χ4n) is 2.41. The van der Waals surface area contributed by atoms with E-state index in [1.807, 2.05) is 67.8 Å². The van der Waals surface area contributed by atoms with Crippen molar-refractivity contribution in [1.82, 2.24) is 4.98 Å². The lowest BCUT2D eigenvalue weighted by Crippen LogP contribution is -2.15. The standard InChI is InChI=1S/C20H20N2O2S/c1-14-4-3-5-18(12-14)24-11-10-20(23)22-17-8-6-16(7-9-17)19-13-25-15(2)21-19/h3-9,12-13H,10-11H2,1-2H3,(H,22,23). The molecule has 2 aromatic carbocycles. The maximum Gasteiger partial charge on any atom is 0.227 e. The van der Waals surface area contributed by atoms with Crippen LogP contribution in [0.4, 0.5) is 5.69 Å². The number of aryl methyl sites for hydroxylation is 2. The van der Waals surface area contributed by atoms with E-state index in [0.29, 0.717) is 13.0 Å². The molecule has 0 fully saturated rings. The van der Waals surface area contributed by atoms with Crippen LogP contribution < -0.4 is 10.1 Å². The zero-order chi connectivity index (χ0) is 17.6. The van der Waals surface area contributed by atoms with Crippen LogP contribution >= 0.6 is 11.3 Å². The van der Waals surface area contributed by atoms with Gasteiger partial charge in [0.25, 0.3) is 0 Å². The fourth-order valence-corrected chi connectivity index (χ4v) is 3.03. The highest BCUT2D eigenvalue weighted by atomic mass is 32.1. The molecule has 128 valence electrons. The number of nitrogens with one attached hydrogen (secondary N) is 1. The highest BCUT2D eigenvalue weighted by Crippen LogP contribution is 2.23. The zero-order valence-corrected chi connectivity index (χ0v) is 15.1. The lowest BCUT2D eigenvalue weighted by Gasteiger charge is -2.08. The van der Waals surface area contributed by atoms with Crippen LogP contribution in [-0.2, 0) is 4.79 Å². The highest BCUT2D eigenvalue weighted by molar-refractivity contribution is 7.09. The third-order valence-corrected chi connectivity index (χ3v) is 4.44. The van der Waals surface area contributed by atoms with Crippen LogP contribution in [-0.4, -0.2) is 17.5 Å². The molecule has 0 aliphatic heterocycles. The minimum atomic E-state index is -0.0649. The van der Waals surface area contributed by atoms with E-state index >= 15 is 0 Å². The van der Waals surface area contributed by atoms with E-state index in [0.717, 1.165) is 33.3 Å². The van der Waals surface area contributed by atoms with Crippen molar-refractivity contribution in [3.8, 4) is 17.0 Å². The number of ether oxygens (including phenoxy) is 1. The highest BCUT2D eigenvalue weighted by Gasteiger charge is 2.05. The Hall–Kier alpha value is -2.66. The van der Waals surface area contributed by atoms with Gasteiger partial charge in [0.2, 0.25) is 5.91 Å².